The van der Waals surface area contributed by atoms with Crippen molar-refractivity contribution in [1.29, 1.82) is 0 Å². The molecule has 1 aliphatic carbocycles. The molecule has 10 heteroatoms. The van der Waals surface area contributed by atoms with Gasteiger partial charge in [0.2, 0.25) is 11.8 Å². The summed E-state index contributed by atoms with van der Waals surface area (Å²) in [4.78, 5) is 37.2. The van der Waals surface area contributed by atoms with E-state index in [1.54, 1.807) is 23.5 Å². The Hall–Kier alpha value is -0.970. The molecular weight excluding hydrogens is 400 g/mol. The quantitative estimate of drug-likeness (QED) is 0.520. The molecular formula is C18H28N4O4S2. The van der Waals surface area contributed by atoms with E-state index in [2.05, 4.69) is 21.3 Å². The number of imide groups is 1. The zero-order valence-corrected chi connectivity index (χ0v) is 17.4. The van der Waals surface area contributed by atoms with Crippen molar-refractivity contribution < 1.29 is 19.1 Å². The van der Waals surface area contributed by atoms with E-state index in [1.165, 1.54) is 0 Å². The number of fused-ring (bicyclic) bond motifs is 1. The first-order valence-corrected chi connectivity index (χ1v) is 12.1. The van der Waals surface area contributed by atoms with E-state index in [-0.39, 0.29) is 28.7 Å². The lowest BCUT2D eigenvalue weighted by atomic mass is 10.1. The second kappa shape index (κ2) is 9.23. The number of hydrogen-bond donors (Lipinski definition) is 4. The molecule has 5 atom stereocenters. The number of rotatable bonds is 4. The van der Waals surface area contributed by atoms with Gasteiger partial charge < -0.3 is 15.4 Å². The van der Waals surface area contributed by atoms with E-state index < -0.39 is 12.0 Å². The first-order chi connectivity index (χ1) is 13.6. The van der Waals surface area contributed by atoms with Crippen molar-refractivity contribution in [3.8, 4) is 0 Å². The lowest BCUT2D eigenvalue weighted by molar-refractivity contribution is -0.125. The van der Waals surface area contributed by atoms with Crippen LogP contribution in [0.1, 0.15) is 38.5 Å². The summed E-state index contributed by atoms with van der Waals surface area (Å²) in [7, 11) is 0. The van der Waals surface area contributed by atoms with Crippen molar-refractivity contribution in [1.82, 2.24) is 21.3 Å². The Morgan fingerprint density at radius 2 is 1.86 bits per heavy atom. The molecule has 5 unspecified atom stereocenters. The van der Waals surface area contributed by atoms with Gasteiger partial charge in [-0.05, 0) is 50.8 Å². The number of ether oxygens (including phenoxy) is 1. The summed E-state index contributed by atoms with van der Waals surface area (Å²) >= 11 is 3.23. The van der Waals surface area contributed by atoms with E-state index >= 15 is 0 Å². The van der Waals surface area contributed by atoms with Gasteiger partial charge >= 0.3 is 6.09 Å². The predicted molar refractivity (Wildman–Crippen MR) is 109 cm³/mol. The second-order valence-corrected chi connectivity index (χ2v) is 10.4. The Kier molecular flexibility index (Phi) is 6.70. The second-order valence-electron chi connectivity index (χ2n) is 7.82. The molecule has 0 bridgehead atoms. The Labute approximate surface area is 173 Å². The van der Waals surface area contributed by atoms with Gasteiger partial charge in [-0.3, -0.25) is 20.2 Å². The number of carbonyl (C=O) groups is 3. The van der Waals surface area contributed by atoms with Crippen molar-refractivity contribution in [3.05, 3.63) is 0 Å². The van der Waals surface area contributed by atoms with Crippen LogP contribution in [0.15, 0.2) is 0 Å². The average Bonchev–Trinajstić information content (AvgIpc) is 3.41. The summed E-state index contributed by atoms with van der Waals surface area (Å²) in [5.41, 5.74) is 0. The number of nitrogens with one attached hydrogen (secondary N) is 4. The summed E-state index contributed by atoms with van der Waals surface area (Å²) in [5.74, 6) is -0.0741. The Morgan fingerprint density at radius 3 is 2.64 bits per heavy atom. The van der Waals surface area contributed by atoms with Crippen LogP contribution in [0.25, 0.3) is 0 Å². The highest BCUT2D eigenvalue weighted by molar-refractivity contribution is 8.01. The SMILES string of the molecule is O=C(NC(=O)C1CCSC1NC(=O)C1NC2CNCCC2S1)OC1CCCC1. The molecule has 4 N–H and O–H groups in total. The fourth-order valence-corrected chi connectivity index (χ4v) is 7.05. The van der Waals surface area contributed by atoms with Crippen LogP contribution in [0.5, 0.6) is 0 Å². The van der Waals surface area contributed by atoms with Gasteiger partial charge in [0.25, 0.3) is 0 Å². The topological polar surface area (TPSA) is 109 Å². The average molecular weight is 429 g/mol. The minimum absolute atomic E-state index is 0.0786. The standard InChI is InChI=1S/C18H28N4O4S2/c23-14(22-18(25)26-10-3-1-2-4-10)11-6-8-27-16(11)21-15(24)17-20-12-9-19-7-5-13(12)28-17/h10-13,16-17,19-20H,1-9H2,(H,21,24)(H,22,23,25). The van der Waals surface area contributed by atoms with Crippen molar-refractivity contribution in [2.75, 3.05) is 18.8 Å². The smallest absolute Gasteiger partial charge is 0.414 e. The molecule has 0 aromatic heterocycles. The largest absolute Gasteiger partial charge is 0.446 e. The third kappa shape index (κ3) is 4.77. The molecule has 156 valence electrons. The zero-order chi connectivity index (χ0) is 19.5. The molecule has 3 aliphatic heterocycles. The van der Waals surface area contributed by atoms with E-state index in [0.29, 0.717) is 17.7 Å². The van der Waals surface area contributed by atoms with Crippen molar-refractivity contribution >= 4 is 41.4 Å². The summed E-state index contributed by atoms with van der Waals surface area (Å²) in [6.07, 6.45) is 4.80. The van der Waals surface area contributed by atoms with Crippen molar-refractivity contribution in [3.63, 3.8) is 0 Å². The van der Waals surface area contributed by atoms with E-state index in [9.17, 15) is 14.4 Å². The highest BCUT2D eigenvalue weighted by Gasteiger charge is 2.42. The fraction of sp³-hybridized carbons (Fsp3) is 0.833. The van der Waals surface area contributed by atoms with Crippen molar-refractivity contribution in [2.45, 2.75) is 66.7 Å². The molecule has 4 rings (SSSR count). The van der Waals surface area contributed by atoms with Gasteiger partial charge in [0, 0.05) is 17.8 Å². The van der Waals surface area contributed by atoms with Gasteiger partial charge in [0.15, 0.2) is 0 Å². The maximum absolute atomic E-state index is 12.7. The lowest BCUT2D eigenvalue weighted by Gasteiger charge is -2.24. The zero-order valence-electron chi connectivity index (χ0n) is 15.8. The van der Waals surface area contributed by atoms with Crippen molar-refractivity contribution in [2.24, 2.45) is 5.92 Å². The van der Waals surface area contributed by atoms with Crippen LogP contribution in [0, 0.1) is 5.92 Å². The van der Waals surface area contributed by atoms with Gasteiger partial charge in [0.1, 0.15) is 11.5 Å². The fourth-order valence-electron chi connectivity index (χ4n) is 4.31. The van der Waals surface area contributed by atoms with Gasteiger partial charge in [-0.15, -0.1) is 23.5 Å². The van der Waals surface area contributed by atoms with E-state index in [0.717, 1.165) is 50.9 Å². The molecule has 0 aromatic carbocycles. The molecule has 8 nitrogen and oxygen atoms in total. The molecule has 4 aliphatic rings. The monoisotopic (exact) mass is 428 g/mol. The van der Waals surface area contributed by atoms with Crippen LogP contribution in [0.2, 0.25) is 0 Å². The van der Waals surface area contributed by atoms with Gasteiger partial charge in [-0.25, -0.2) is 4.79 Å². The highest BCUT2D eigenvalue weighted by Crippen LogP contribution is 2.34. The summed E-state index contributed by atoms with van der Waals surface area (Å²) in [5, 5.41) is 12.0. The molecule has 1 saturated carbocycles. The third-order valence-electron chi connectivity index (χ3n) is 5.85. The number of carbonyl (C=O) groups excluding carboxylic acids is 3. The number of amides is 3. The maximum Gasteiger partial charge on any atom is 0.414 e. The lowest BCUT2D eigenvalue weighted by Crippen LogP contribution is -2.51. The van der Waals surface area contributed by atoms with E-state index in [1.807, 2.05) is 0 Å². The molecule has 28 heavy (non-hydrogen) atoms. The number of thioether (sulfide) groups is 2. The van der Waals surface area contributed by atoms with Crippen LogP contribution >= 0.6 is 23.5 Å². The first kappa shape index (κ1) is 20.3. The summed E-state index contributed by atoms with van der Waals surface area (Å²) in [6.45, 7) is 1.87. The Morgan fingerprint density at radius 1 is 1.04 bits per heavy atom. The summed E-state index contributed by atoms with van der Waals surface area (Å²) < 4.78 is 5.31. The molecule has 3 amide bonds. The molecule has 4 fully saturated rings. The third-order valence-corrected chi connectivity index (χ3v) is 8.66. The minimum atomic E-state index is -0.663. The van der Waals surface area contributed by atoms with Crippen LogP contribution < -0.4 is 21.3 Å². The maximum atomic E-state index is 12.7. The Bertz CT molecular complexity index is 602. The highest BCUT2D eigenvalue weighted by atomic mass is 32.2. The molecule has 3 saturated heterocycles. The molecule has 0 radical (unpaired) electrons. The minimum Gasteiger partial charge on any atom is -0.446 e. The van der Waals surface area contributed by atoms with Gasteiger partial charge in [0.05, 0.1) is 11.3 Å². The number of piperidine rings is 1. The van der Waals surface area contributed by atoms with Crippen LogP contribution in [0.4, 0.5) is 4.79 Å². The van der Waals surface area contributed by atoms with Crippen LogP contribution in [0.3, 0.4) is 0 Å². The normalized spacial score (nSPS) is 35.4. The van der Waals surface area contributed by atoms with Gasteiger partial charge in [-0.2, -0.15) is 0 Å². The number of hydrogen-bond acceptors (Lipinski definition) is 8. The van der Waals surface area contributed by atoms with Gasteiger partial charge in [-0.1, -0.05) is 0 Å². The molecule has 0 aromatic rings. The molecule has 0 spiro atoms. The molecule has 3 heterocycles. The first-order valence-electron chi connectivity index (χ1n) is 10.2. The van der Waals surface area contributed by atoms with Crippen LogP contribution in [-0.2, 0) is 14.3 Å². The number of alkyl carbamates (subject to hydrolysis) is 1. The van der Waals surface area contributed by atoms with Crippen LogP contribution in [-0.4, -0.2) is 64.9 Å². The predicted octanol–water partition coefficient (Wildman–Crippen LogP) is 0.770. The van der Waals surface area contributed by atoms with E-state index in [4.69, 9.17) is 4.74 Å². The summed E-state index contributed by atoms with van der Waals surface area (Å²) in [6, 6.07) is 0.315. The Balaban J connectivity index is 1.26.